The Labute approximate surface area is 688 Å². The standard InChI is InChI=1S/C75H120N20O22S/c1-14-39(8)59(90-70(111)57(37(4)5)88-63(104)42(11)93(16-3)74(115)50(30-45-32-78-36-82-45)87-68(109)52-20-18-27-95(52)53(97)33-79-62(103)41(10)83-64(105)46(76)25-28-118-13)72(113)89-58(38(6)7)71(112)91-60(40(9)15-2)73(114)92-61(43(12)96)69(110)80-34-54(98)94-26-17-19-51(94)67(108)86-49(29-44-31-77-35-81-44)66(107)84-47(21-23-55(99)100)65(106)85-48(75(116)117)22-24-56(101)102/h31-32,35-43,46-52,57-61,96H,14-30,33-34,76H2,1-13H3,(H,77,81)(H,78,82)(H,79,103)(H,80,110)(H,83,105)(H,84,107)(H,85,106)(H,86,108)(H,87,109)(H,88,104)(H,89,113)(H,90,111)(H,91,112)(H,92,114)(H,99,100)(H,101,102)(H,116,117)/t39-,40-,41-,42-,43+,46-,47-,48-,49-,50-,51-,52-,57-,58-,59-,60-,61-/m0/s1. The fraction of sp³-hybridized carbons (Fsp3) is 0.680. The van der Waals surface area contributed by atoms with E-state index in [4.69, 9.17) is 10.8 Å². The maximum atomic E-state index is 14.7. The third-order valence-corrected chi connectivity index (χ3v) is 21.3. The Hall–Kier alpha value is -10.8. The minimum atomic E-state index is -1.77. The average Bonchev–Trinajstić information content (AvgIpc) is 0.967. The van der Waals surface area contributed by atoms with Gasteiger partial charge in [-0.2, -0.15) is 11.8 Å². The van der Waals surface area contributed by atoms with Crippen LogP contribution in [-0.2, 0) is 99.1 Å². The second kappa shape index (κ2) is 48.8. The number of hydrogen-bond acceptors (Lipinski definition) is 23. The van der Waals surface area contributed by atoms with E-state index in [0.717, 1.165) is 4.90 Å². The van der Waals surface area contributed by atoms with Gasteiger partial charge in [-0.3, -0.25) is 81.5 Å². The second-order valence-corrected chi connectivity index (χ2v) is 31.3. The summed E-state index contributed by atoms with van der Waals surface area (Å²) in [5.74, 6) is -18.8. The average molecular weight is 1690 g/mol. The van der Waals surface area contributed by atoms with Crippen molar-refractivity contribution in [2.75, 3.05) is 44.7 Å². The summed E-state index contributed by atoms with van der Waals surface area (Å²) in [6.45, 7) is 17.6. The topological polar surface area (TPSA) is 626 Å². The van der Waals surface area contributed by atoms with Crippen molar-refractivity contribution < 1.29 is 107 Å². The van der Waals surface area contributed by atoms with E-state index < -0.39 is 260 Å². The van der Waals surface area contributed by atoms with E-state index in [1.165, 1.54) is 67.4 Å². The highest BCUT2D eigenvalue weighted by molar-refractivity contribution is 7.98. The Morgan fingerprint density at radius 2 is 0.915 bits per heavy atom. The number of aromatic nitrogens is 4. The molecule has 118 heavy (non-hydrogen) atoms. The van der Waals surface area contributed by atoms with Crippen LogP contribution in [-0.4, -0.2) is 297 Å². The molecule has 2 aromatic rings. The number of H-pyrrole nitrogens is 2. The van der Waals surface area contributed by atoms with Crippen molar-refractivity contribution in [3.8, 4) is 0 Å². The number of nitrogens with zero attached hydrogens (tertiary/aromatic N) is 5. The van der Waals surface area contributed by atoms with Crippen LogP contribution in [0.5, 0.6) is 0 Å². The summed E-state index contributed by atoms with van der Waals surface area (Å²) in [6.07, 6.45) is 4.57. The zero-order valence-corrected chi connectivity index (χ0v) is 69.9. The first-order chi connectivity index (χ1) is 55.6. The lowest BCUT2D eigenvalue weighted by Gasteiger charge is -2.34. The Balaban J connectivity index is 1.44. The predicted octanol–water partition coefficient (Wildman–Crippen LogP) is -4.08. The molecule has 15 amide bonds. The quantitative estimate of drug-likeness (QED) is 0.0299. The maximum Gasteiger partial charge on any atom is 0.326 e. The van der Waals surface area contributed by atoms with Crippen molar-refractivity contribution in [3.63, 3.8) is 0 Å². The first-order valence-corrected chi connectivity index (χ1v) is 41.0. The minimum Gasteiger partial charge on any atom is -0.481 e. The number of imidazole rings is 2. The fourth-order valence-electron chi connectivity index (χ4n) is 13.1. The number of carboxylic acid groups (broad SMARTS) is 3. The molecule has 20 N–H and O–H groups in total. The normalized spacial score (nSPS) is 17.7. The van der Waals surface area contributed by atoms with Crippen LogP contribution in [0.3, 0.4) is 0 Å². The number of likely N-dealkylation sites (tertiary alicyclic amines) is 2. The van der Waals surface area contributed by atoms with Gasteiger partial charge in [0.25, 0.3) is 0 Å². The van der Waals surface area contributed by atoms with Gasteiger partial charge in [0.1, 0.15) is 78.5 Å². The third-order valence-electron chi connectivity index (χ3n) is 20.7. The highest BCUT2D eigenvalue weighted by Gasteiger charge is 2.43. The van der Waals surface area contributed by atoms with Crippen molar-refractivity contribution in [1.29, 1.82) is 0 Å². The summed E-state index contributed by atoms with van der Waals surface area (Å²) in [5, 5.41) is 69.7. The zero-order chi connectivity index (χ0) is 88.5. The van der Waals surface area contributed by atoms with Crippen LogP contribution in [0.1, 0.15) is 165 Å². The van der Waals surface area contributed by atoms with Crippen LogP contribution in [0.4, 0.5) is 0 Å². The second-order valence-electron chi connectivity index (χ2n) is 30.3. The number of carboxylic acids is 3. The molecule has 0 bridgehead atoms. The smallest absolute Gasteiger partial charge is 0.326 e. The number of thioether (sulfide) groups is 1. The molecule has 0 aromatic carbocycles. The summed E-state index contributed by atoms with van der Waals surface area (Å²) in [5.41, 5.74) is 6.67. The lowest BCUT2D eigenvalue weighted by molar-refractivity contribution is -0.145. The fourth-order valence-corrected chi connectivity index (χ4v) is 13.6. The summed E-state index contributed by atoms with van der Waals surface area (Å²) in [4.78, 5) is 262. The van der Waals surface area contributed by atoms with Crippen LogP contribution in [0.2, 0.25) is 0 Å². The Bertz CT molecular complexity index is 3790. The first kappa shape index (κ1) is 99.5. The number of hydrogen-bond donors (Lipinski definition) is 19. The molecular formula is C75H120N20O22S. The van der Waals surface area contributed by atoms with Gasteiger partial charge in [0.15, 0.2) is 0 Å². The minimum absolute atomic E-state index is 0.0260. The van der Waals surface area contributed by atoms with Crippen molar-refractivity contribution in [2.45, 2.75) is 257 Å². The van der Waals surface area contributed by atoms with Crippen LogP contribution in [0.15, 0.2) is 25.0 Å². The molecule has 4 rings (SSSR count). The van der Waals surface area contributed by atoms with E-state index in [2.05, 4.69) is 83.7 Å². The van der Waals surface area contributed by atoms with Crippen molar-refractivity contribution in [1.82, 2.24) is 98.4 Å². The van der Waals surface area contributed by atoms with E-state index >= 15 is 0 Å². The van der Waals surface area contributed by atoms with Gasteiger partial charge in [0, 0.05) is 69.1 Å². The molecule has 658 valence electrons. The molecule has 2 saturated heterocycles. The van der Waals surface area contributed by atoms with Crippen LogP contribution in [0, 0.1) is 23.7 Å². The molecule has 2 aromatic heterocycles. The number of rotatable bonds is 50. The van der Waals surface area contributed by atoms with Crippen LogP contribution >= 0.6 is 11.8 Å². The summed E-state index contributed by atoms with van der Waals surface area (Å²) in [7, 11) is 0. The van der Waals surface area contributed by atoms with E-state index in [1.54, 1.807) is 62.3 Å². The van der Waals surface area contributed by atoms with Crippen molar-refractivity contribution in [3.05, 3.63) is 36.4 Å². The zero-order valence-electron chi connectivity index (χ0n) is 69.1. The molecule has 17 atom stereocenters. The molecule has 0 aliphatic carbocycles. The monoisotopic (exact) mass is 1680 g/mol. The Morgan fingerprint density at radius 3 is 1.34 bits per heavy atom. The molecule has 0 radical (unpaired) electrons. The van der Waals surface area contributed by atoms with Gasteiger partial charge in [0.05, 0.1) is 37.9 Å². The van der Waals surface area contributed by atoms with E-state index in [1.807, 2.05) is 6.26 Å². The Kier molecular flexibility index (Phi) is 41.1. The SMILES string of the molecule is CC[C@H](C)[C@H](NC(=O)[C@@H](NC(=O)[C@H](C)N(CC)C(=O)[C@H](Cc1cnc[nH]1)NC(=O)[C@@H]1CCCN1C(=O)CNC(=O)[C@H](C)NC(=O)[C@@H](N)CCSC)C(C)C)C(=O)N[C@H](C(=O)N[C@H](C(=O)N[C@H](C(=O)NCC(=O)N1CCC[C@H]1C(=O)N[C@@H](Cc1cnc[nH]1)C(=O)N[C@@H](CCC(=O)O)C(=O)N[C@@H](CCC(=O)O)C(=O)O)[C@@H](C)O)[C@@H](C)CC)C(C)C. The van der Waals surface area contributed by atoms with Gasteiger partial charge in [0.2, 0.25) is 88.6 Å². The molecule has 2 aliphatic heterocycles. The lowest BCUT2D eigenvalue weighted by atomic mass is 9.94. The van der Waals surface area contributed by atoms with E-state index in [0.29, 0.717) is 30.7 Å². The van der Waals surface area contributed by atoms with Gasteiger partial charge in [-0.15, -0.1) is 0 Å². The number of aliphatic carboxylic acids is 3. The molecule has 0 spiro atoms. The summed E-state index contributed by atoms with van der Waals surface area (Å²) in [6, 6.07) is -19.1. The molecular weight excluding hydrogens is 1570 g/mol. The Morgan fingerprint density at radius 1 is 0.500 bits per heavy atom. The predicted molar refractivity (Wildman–Crippen MR) is 425 cm³/mol. The molecule has 0 unspecified atom stereocenters. The van der Waals surface area contributed by atoms with Crippen molar-refractivity contribution in [2.24, 2.45) is 29.4 Å². The van der Waals surface area contributed by atoms with E-state index in [-0.39, 0.29) is 63.9 Å². The number of carbonyl (C=O) groups excluding carboxylic acids is 15. The molecule has 42 nitrogen and oxygen atoms in total. The summed E-state index contributed by atoms with van der Waals surface area (Å²) < 4.78 is 0. The highest BCUT2D eigenvalue weighted by Crippen LogP contribution is 2.22. The van der Waals surface area contributed by atoms with Gasteiger partial charge in [-0.25, -0.2) is 14.8 Å². The molecule has 43 heteroatoms. The number of nitrogens with two attached hydrogens (primary N) is 1. The number of aromatic amines is 2. The highest BCUT2D eigenvalue weighted by atomic mass is 32.2. The third kappa shape index (κ3) is 30.6. The molecule has 2 aliphatic rings. The molecule has 0 saturated carbocycles. The van der Waals surface area contributed by atoms with Crippen molar-refractivity contribution >= 4 is 118 Å². The number of nitrogens with one attached hydrogen (secondary N) is 14. The van der Waals surface area contributed by atoms with Gasteiger partial charge in [-0.1, -0.05) is 68.2 Å². The van der Waals surface area contributed by atoms with Gasteiger partial charge in [-0.05, 0) is 108 Å². The summed E-state index contributed by atoms with van der Waals surface area (Å²) >= 11 is 1.51. The molecule has 4 heterocycles. The number of aliphatic hydroxyl groups is 1. The lowest BCUT2D eigenvalue weighted by Crippen LogP contribution is -2.63. The van der Waals surface area contributed by atoms with Crippen LogP contribution in [0.25, 0.3) is 0 Å². The number of carbonyl (C=O) groups is 18. The number of aliphatic hydroxyl groups excluding tert-OH is 1. The van der Waals surface area contributed by atoms with E-state index in [9.17, 15) is 102 Å². The largest absolute Gasteiger partial charge is 0.481 e. The number of likely N-dealkylation sites (N-methyl/N-ethyl adjacent to an activating group) is 1. The molecule has 2 fully saturated rings. The number of amides is 15. The van der Waals surface area contributed by atoms with Crippen LogP contribution < -0.4 is 69.5 Å². The maximum absolute atomic E-state index is 14.7. The van der Waals surface area contributed by atoms with Gasteiger partial charge >= 0.3 is 17.9 Å². The van der Waals surface area contributed by atoms with Gasteiger partial charge < -0.3 is 115 Å². The first-order valence-electron chi connectivity index (χ1n) is 39.6.